The highest BCUT2D eigenvalue weighted by Crippen LogP contribution is 2.20. The molecule has 0 aromatic heterocycles. The Morgan fingerprint density at radius 2 is 1.67 bits per heavy atom. The molecule has 2 N–H and O–H groups in total. The van der Waals surface area contributed by atoms with E-state index in [1.54, 1.807) is 34.6 Å². The van der Waals surface area contributed by atoms with Gasteiger partial charge in [-0.2, -0.15) is 4.99 Å². The van der Waals surface area contributed by atoms with Gasteiger partial charge in [-0.05, 0) is 34.6 Å². The Morgan fingerprint density at radius 1 is 1.12 bits per heavy atom. The van der Waals surface area contributed by atoms with Gasteiger partial charge in [0, 0.05) is 32.4 Å². The zero-order chi connectivity index (χ0) is 18.5. The standard InChI is InChI=1S/C16H27N3O5/c1-15(2,3)24-14(22)18-12(10-16(4,5)23-13(17)21)19-8-6-11(20)7-9-19/h6-10H2,1-5H3,(H2,17,21). The Bertz CT molecular complexity index is 524. The van der Waals surface area contributed by atoms with Crippen molar-refractivity contribution in [2.45, 2.75) is 65.1 Å². The number of carbonyl (C=O) groups excluding carboxylic acids is 3. The van der Waals surface area contributed by atoms with E-state index in [4.69, 9.17) is 15.2 Å². The molecule has 0 aromatic carbocycles. The molecule has 1 heterocycles. The molecule has 24 heavy (non-hydrogen) atoms. The zero-order valence-corrected chi connectivity index (χ0v) is 15.0. The Kier molecular flexibility index (Phi) is 6.34. The molecule has 1 rings (SSSR count). The van der Waals surface area contributed by atoms with Crippen LogP contribution in [0.2, 0.25) is 0 Å². The quantitative estimate of drug-likeness (QED) is 0.622. The fourth-order valence-corrected chi connectivity index (χ4v) is 2.32. The highest BCUT2D eigenvalue weighted by atomic mass is 16.6. The molecule has 0 saturated carbocycles. The highest BCUT2D eigenvalue weighted by Gasteiger charge is 2.30. The first-order valence-electron chi connectivity index (χ1n) is 7.94. The lowest BCUT2D eigenvalue weighted by molar-refractivity contribution is -0.120. The van der Waals surface area contributed by atoms with Crippen LogP contribution in [0.3, 0.4) is 0 Å². The number of rotatable bonds is 3. The third kappa shape index (κ3) is 7.43. The molecular weight excluding hydrogens is 314 g/mol. The van der Waals surface area contributed by atoms with Crippen LogP contribution >= 0.6 is 0 Å². The number of ketones is 1. The van der Waals surface area contributed by atoms with Crippen molar-refractivity contribution in [3.8, 4) is 0 Å². The van der Waals surface area contributed by atoms with Gasteiger partial charge in [0.2, 0.25) is 0 Å². The number of nitrogens with two attached hydrogens (primary N) is 1. The molecule has 1 aliphatic rings. The number of carbonyl (C=O) groups is 3. The summed E-state index contributed by atoms with van der Waals surface area (Å²) in [5, 5.41) is 0. The van der Waals surface area contributed by atoms with Crippen molar-refractivity contribution >= 4 is 23.8 Å². The van der Waals surface area contributed by atoms with Crippen LogP contribution in [-0.2, 0) is 14.3 Å². The van der Waals surface area contributed by atoms with Gasteiger partial charge in [-0.25, -0.2) is 9.59 Å². The first-order valence-corrected chi connectivity index (χ1v) is 7.94. The number of likely N-dealkylation sites (tertiary alicyclic amines) is 1. The maximum Gasteiger partial charge on any atom is 0.435 e. The molecular formula is C16H27N3O5. The van der Waals surface area contributed by atoms with Gasteiger partial charge >= 0.3 is 12.2 Å². The third-order valence-corrected chi connectivity index (χ3v) is 3.26. The van der Waals surface area contributed by atoms with E-state index in [9.17, 15) is 14.4 Å². The fourth-order valence-electron chi connectivity index (χ4n) is 2.32. The van der Waals surface area contributed by atoms with Crippen LogP contribution in [0.25, 0.3) is 0 Å². The summed E-state index contributed by atoms with van der Waals surface area (Å²) >= 11 is 0. The first-order chi connectivity index (χ1) is 10.9. The third-order valence-electron chi connectivity index (χ3n) is 3.26. The topological polar surface area (TPSA) is 111 Å². The van der Waals surface area contributed by atoms with E-state index in [0.717, 1.165) is 0 Å². The van der Waals surface area contributed by atoms with Crippen molar-refractivity contribution in [3.63, 3.8) is 0 Å². The van der Waals surface area contributed by atoms with Gasteiger partial charge in [0.15, 0.2) is 0 Å². The number of amides is 2. The second-order valence-electron chi connectivity index (χ2n) is 7.39. The van der Waals surface area contributed by atoms with Crippen LogP contribution in [0.15, 0.2) is 4.99 Å². The minimum Gasteiger partial charge on any atom is -0.443 e. The van der Waals surface area contributed by atoms with Crippen molar-refractivity contribution in [2.24, 2.45) is 10.7 Å². The molecule has 0 unspecified atom stereocenters. The average Bonchev–Trinajstić information content (AvgIpc) is 2.34. The molecule has 1 aliphatic heterocycles. The number of nitrogens with zero attached hydrogens (tertiary/aromatic N) is 2. The number of piperidine rings is 1. The zero-order valence-electron chi connectivity index (χ0n) is 15.0. The molecule has 0 radical (unpaired) electrons. The summed E-state index contributed by atoms with van der Waals surface area (Å²) in [4.78, 5) is 40.4. The lowest BCUT2D eigenvalue weighted by atomic mass is 10.0. The van der Waals surface area contributed by atoms with Gasteiger partial charge in [-0.3, -0.25) is 4.79 Å². The molecule has 2 amide bonds. The summed E-state index contributed by atoms with van der Waals surface area (Å²) in [7, 11) is 0. The monoisotopic (exact) mass is 341 g/mol. The summed E-state index contributed by atoms with van der Waals surface area (Å²) in [6.07, 6.45) is -0.646. The maximum absolute atomic E-state index is 12.0. The summed E-state index contributed by atoms with van der Waals surface area (Å²) in [6, 6.07) is 0. The van der Waals surface area contributed by atoms with E-state index >= 15 is 0 Å². The molecule has 1 saturated heterocycles. The SMILES string of the molecule is CC(C)(C)OC(=O)N=C(CC(C)(C)OC(N)=O)N1CCC(=O)CC1. The second-order valence-corrected chi connectivity index (χ2v) is 7.39. The minimum atomic E-state index is -0.936. The molecule has 0 atom stereocenters. The van der Waals surface area contributed by atoms with Crippen LogP contribution in [0.5, 0.6) is 0 Å². The van der Waals surface area contributed by atoms with Gasteiger partial charge in [0.1, 0.15) is 22.8 Å². The largest absolute Gasteiger partial charge is 0.443 e. The van der Waals surface area contributed by atoms with Crippen LogP contribution in [0.4, 0.5) is 9.59 Å². The van der Waals surface area contributed by atoms with Crippen LogP contribution in [-0.4, -0.2) is 53.0 Å². The Balaban J connectivity index is 2.96. The Labute approximate surface area is 142 Å². The van der Waals surface area contributed by atoms with Gasteiger partial charge in [-0.15, -0.1) is 0 Å². The van der Waals surface area contributed by atoms with Gasteiger partial charge < -0.3 is 20.1 Å². The minimum absolute atomic E-state index is 0.176. The second kappa shape index (κ2) is 7.63. The molecule has 1 fully saturated rings. The summed E-state index contributed by atoms with van der Waals surface area (Å²) in [6.45, 7) is 9.54. The predicted molar refractivity (Wildman–Crippen MR) is 88.8 cm³/mol. The maximum atomic E-state index is 12.0. The molecule has 0 aliphatic carbocycles. The highest BCUT2D eigenvalue weighted by molar-refractivity contribution is 5.93. The molecule has 0 spiro atoms. The fraction of sp³-hybridized carbons (Fsp3) is 0.750. The normalized spacial score (nSPS) is 16.8. The van der Waals surface area contributed by atoms with Gasteiger partial charge in [-0.1, -0.05) is 0 Å². The van der Waals surface area contributed by atoms with Crippen molar-refractivity contribution in [1.82, 2.24) is 4.90 Å². The van der Waals surface area contributed by atoms with E-state index in [1.165, 1.54) is 0 Å². The average molecular weight is 341 g/mol. The van der Waals surface area contributed by atoms with E-state index < -0.39 is 23.4 Å². The molecule has 0 aromatic rings. The van der Waals surface area contributed by atoms with Crippen molar-refractivity contribution in [1.29, 1.82) is 0 Å². The number of ether oxygens (including phenoxy) is 2. The van der Waals surface area contributed by atoms with Crippen LogP contribution < -0.4 is 5.73 Å². The summed E-state index contributed by atoms with van der Waals surface area (Å²) < 4.78 is 10.3. The lowest BCUT2D eigenvalue weighted by Crippen LogP contribution is -2.44. The van der Waals surface area contributed by atoms with E-state index in [1.807, 2.05) is 4.90 Å². The molecule has 8 nitrogen and oxygen atoms in total. The molecule has 8 heteroatoms. The van der Waals surface area contributed by atoms with Gasteiger partial charge in [0.25, 0.3) is 0 Å². The number of hydrogen-bond donors (Lipinski definition) is 1. The lowest BCUT2D eigenvalue weighted by Gasteiger charge is -2.33. The number of aliphatic imine (C=N–C) groups is 1. The van der Waals surface area contributed by atoms with Crippen LogP contribution in [0, 0.1) is 0 Å². The number of Topliss-reactive ketones (excluding diaryl/α,β-unsaturated/α-hetero) is 1. The predicted octanol–water partition coefficient (Wildman–Crippen LogP) is 2.25. The number of primary amides is 1. The number of amidine groups is 1. The summed E-state index contributed by atoms with van der Waals surface area (Å²) in [5.41, 5.74) is 3.48. The first kappa shape index (κ1) is 19.9. The van der Waals surface area contributed by atoms with Crippen LogP contribution in [0.1, 0.15) is 53.9 Å². The van der Waals surface area contributed by atoms with Crippen molar-refractivity contribution < 1.29 is 23.9 Å². The number of hydrogen-bond acceptors (Lipinski definition) is 5. The van der Waals surface area contributed by atoms with E-state index in [-0.39, 0.29) is 12.2 Å². The molecule has 0 bridgehead atoms. The van der Waals surface area contributed by atoms with Crippen molar-refractivity contribution in [2.75, 3.05) is 13.1 Å². The Morgan fingerprint density at radius 3 is 2.12 bits per heavy atom. The smallest absolute Gasteiger partial charge is 0.435 e. The van der Waals surface area contributed by atoms with Crippen molar-refractivity contribution in [3.05, 3.63) is 0 Å². The Hall–Kier alpha value is -2.12. The molecule has 136 valence electrons. The van der Waals surface area contributed by atoms with Gasteiger partial charge in [0.05, 0.1) is 0 Å². The summed E-state index contributed by atoms with van der Waals surface area (Å²) in [5.74, 6) is 0.596. The van der Waals surface area contributed by atoms with E-state index in [2.05, 4.69) is 4.99 Å². The van der Waals surface area contributed by atoms with E-state index in [0.29, 0.717) is 31.8 Å².